The minimum atomic E-state index is -3.38. The molecule has 1 aliphatic heterocycles. The molecule has 0 amide bonds. The molecule has 6 nitrogen and oxygen atoms in total. The molecule has 1 saturated heterocycles. The summed E-state index contributed by atoms with van der Waals surface area (Å²) in [5.74, 6) is 0.232. The van der Waals surface area contributed by atoms with Crippen LogP contribution in [-0.4, -0.2) is 44.7 Å². The van der Waals surface area contributed by atoms with Crippen LogP contribution in [0.2, 0.25) is 0 Å². The van der Waals surface area contributed by atoms with Crippen molar-refractivity contribution < 1.29 is 21.3 Å². The topological polar surface area (TPSA) is 84.7 Å². The Kier molecular flexibility index (Phi) is 3.42. The SMILES string of the molecule is O=S(=O)(Cc1ccco1)C1CCN(S(=O)(=O)C2CC2)C1. The van der Waals surface area contributed by atoms with E-state index in [9.17, 15) is 16.8 Å². The maximum Gasteiger partial charge on any atom is 0.217 e. The lowest BCUT2D eigenvalue weighted by atomic mass is 10.4. The monoisotopic (exact) mass is 319 g/mol. The van der Waals surface area contributed by atoms with E-state index < -0.39 is 25.1 Å². The van der Waals surface area contributed by atoms with Crippen molar-refractivity contribution in [3.63, 3.8) is 0 Å². The molecule has 0 radical (unpaired) electrons. The summed E-state index contributed by atoms with van der Waals surface area (Å²) in [7, 11) is -6.66. The lowest BCUT2D eigenvalue weighted by Gasteiger charge is -2.16. The number of rotatable bonds is 5. The van der Waals surface area contributed by atoms with Gasteiger partial charge in [-0.2, -0.15) is 0 Å². The fourth-order valence-corrected chi connectivity index (χ4v) is 6.17. The van der Waals surface area contributed by atoms with Crippen LogP contribution in [0.5, 0.6) is 0 Å². The Hall–Kier alpha value is -0.860. The molecule has 1 aromatic rings. The normalized spacial score (nSPS) is 25.1. The van der Waals surface area contributed by atoms with Gasteiger partial charge in [-0.05, 0) is 31.4 Å². The van der Waals surface area contributed by atoms with Gasteiger partial charge in [-0.1, -0.05) is 0 Å². The first-order valence-electron chi connectivity index (χ1n) is 6.62. The Morgan fingerprint density at radius 1 is 1.15 bits per heavy atom. The molecule has 0 bridgehead atoms. The zero-order valence-electron chi connectivity index (χ0n) is 10.9. The highest BCUT2D eigenvalue weighted by Gasteiger charge is 2.45. The first-order chi connectivity index (χ1) is 9.39. The van der Waals surface area contributed by atoms with Crippen LogP contribution in [0.25, 0.3) is 0 Å². The smallest absolute Gasteiger partial charge is 0.217 e. The summed E-state index contributed by atoms with van der Waals surface area (Å²) in [5, 5.41) is -0.907. The average molecular weight is 319 g/mol. The fraction of sp³-hybridized carbons (Fsp3) is 0.667. The van der Waals surface area contributed by atoms with Gasteiger partial charge in [0.2, 0.25) is 10.0 Å². The van der Waals surface area contributed by atoms with Crippen LogP contribution in [-0.2, 0) is 25.6 Å². The Labute approximate surface area is 118 Å². The van der Waals surface area contributed by atoms with Crippen molar-refractivity contribution in [1.29, 1.82) is 0 Å². The standard InChI is InChI=1S/C12H17NO5S2/c14-19(15,9-10-2-1-7-18-10)12-5-6-13(8-12)20(16,17)11-3-4-11/h1-2,7,11-12H,3-6,8-9H2. The summed E-state index contributed by atoms with van der Waals surface area (Å²) < 4.78 is 55.2. The van der Waals surface area contributed by atoms with Gasteiger partial charge in [0.15, 0.2) is 9.84 Å². The average Bonchev–Trinajstić information content (AvgIpc) is 2.90. The fourth-order valence-electron chi connectivity index (χ4n) is 2.51. The predicted molar refractivity (Wildman–Crippen MR) is 73.3 cm³/mol. The van der Waals surface area contributed by atoms with Crippen molar-refractivity contribution in [3.8, 4) is 0 Å². The number of nitrogens with zero attached hydrogens (tertiary/aromatic N) is 1. The minimum absolute atomic E-state index is 0.0852. The molecule has 2 heterocycles. The summed E-state index contributed by atoms with van der Waals surface area (Å²) in [6, 6.07) is 3.26. The van der Waals surface area contributed by atoms with Gasteiger partial charge in [0.1, 0.15) is 11.5 Å². The molecule has 3 rings (SSSR count). The third-order valence-electron chi connectivity index (χ3n) is 3.84. The molecule has 1 aromatic heterocycles. The van der Waals surface area contributed by atoms with Gasteiger partial charge in [0.25, 0.3) is 0 Å². The molecule has 0 spiro atoms. The third kappa shape index (κ3) is 2.64. The van der Waals surface area contributed by atoms with Gasteiger partial charge in [0, 0.05) is 13.1 Å². The highest BCUT2D eigenvalue weighted by atomic mass is 32.2. The number of sulfonamides is 1. The summed E-state index contributed by atoms with van der Waals surface area (Å²) >= 11 is 0. The Balaban J connectivity index is 1.70. The van der Waals surface area contributed by atoms with Crippen molar-refractivity contribution in [1.82, 2.24) is 4.31 Å². The van der Waals surface area contributed by atoms with Crippen molar-refractivity contribution >= 4 is 19.9 Å². The summed E-state index contributed by atoms with van der Waals surface area (Å²) in [6.07, 6.45) is 3.20. The van der Waals surface area contributed by atoms with Crippen LogP contribution >= 0.6 is 0 Å². The summed E-state index contributed by atoms with van der Waals surface area (Å²) in [6.45, 7) is 0.392. The van der Waals surface area contributed by atoms with Crippen molar-refractivity contribution in [2.75, 3.05) is 13.1 Å². The molecular weight excluding hydrogens is 302 g/mol. The van der Waals surface area contributed by atoms with E-state index in [4.69, 9.17) is 4.42 Å². The van der Waals surface area contributed by atoms with Gasteiger partial charge in [0.05, 0.1) is 16.8 Å². The molecule has 1 unspecified atom stereocenters. The molecule has 0 N–H and O–H groups in total. The number of sulfone groups is 1. The lowest BCUT2D eigenvalue weighted by molar-refractivity contribution is 0.475. The number of furan rings is 1. The predicted octanol–water partition coefficient (Wildman–Crippen LogP) is 0.761. The zero-order valence-corrected chi connectivity index (χ0v) is 12.6. The molecule has 2 fully saturated rings. The van der Waals surface area contributed by atoms with Gasteiger partial charge < -0.3 is 4.42 Å². The van der Waals surface area contributed by atoms with Crippen LogP contribution in [0.1, 0.15) is 25.0 Å². The molecule has 2 aliphatic rings. The molecule has 0 aromatic carbocycles. The van der Waals surface area contributed by atoms with E-state index >= 15 is 0 Å². The van der Waals surface area contributed by atoms with Crippen LogP contribution in [0.4, 0.5) is 0 Å². The van der Waals surface area contributed by atoms with Gasteiger partial charge in [-0.25, -0.2) is 21.1 Å². The van der Waals surface area contributed by atoms with E-state index in [1.54, 1.807) is 12.1 Å². The Bertz CT molecular complexity index is 673. The van der Waals surface area contributed by atoms with Gasteiger partial charge >= 0.3 is 0 Å². The Morgan fingerprint density at radius 2 is 1.90 bits per heavy atom. The first-order valence-corrected chi connectivity index (χ1v) is 9.84. The lowest BCUT2D eigenvalue weighted by Crippen LogP contribution is -2.34. The van der Waals surface area contributed by atoms with E-state index in [0.29, 0.717) is 31.6 Å². The highest BCUT2D eigenvalue weighted by Crippen LogP contribution is 2.34. The number of hydrogen-bond donors (Lipinski definition) is 0. The van der Waals surface area contributed by atoms with Crippen molar-refractivity contribution in [2.24, 2.45) is 0 Å². The highest BCUT2D eigenvalue weighted by molar-refractivity contribution is 7.91. The second-order valence-electron chi connectivity index (χ2n) is 5.40. The molecule has 20 heavy (non-hydrogen) atoms. The van der Waals surface area contributed by atoms with Crippen LogP contribution < -0.4 is 0 Å². The number of hydrogen-bond acceptors (Lipinski definition) is 5. The second-order valence-corrected chi connectivity index (χ2v) is 9.89. The van der Waals surface area contributed by atoms with Crippen LogP contribution in [0.3, 0.4) is 0 Å². The summed E-state index contributed by atoms with van der Waals surface area (Å²) in [5.41, 5.74) is 0. The molecule has 1 atom stereocenters. The maximum absolute atomic E-state index is 12.3. The maximum atomic E-state index is 12.3. The van der Waals surface area contributed by atoms with E-state index in [2.05, 4.69) is 0 Å². The molecule has 1 aliphatic carbocycles. The Morgan fingerprint density at radius 3 is 2.50 bits per heavy atom. The molecule has 112 valence electrons. The van der Waals surface area contributed by atoms with E-state index in [1.165, 1.54) is 10.6 Å². The van der Waals surface area contributed by atoms with Crippen LogP contribution in [0.15, 0.2) is 22.8 Å². The van der Waals surface area contributed by atoms with Gasteiger partial charge in [-0.15, -0.1) is 0 Å². The van der Waals surface area contributed by atoms with Crippen LogP contribution in [0, 0.1) is 0 Å². The minimum Gasteiger partial charge on any atom is -0.468 e. The second kappa shape index (κ2) is 4.85. The van der Waals surface area contributed by atoms with Crippen molar-refractivity contribution in [2.45, 2.75) is 35.5 Å². The zero-order chi connectivity index (χ0) is 14.4. The molecule has 8 heteroatoms. The molecular formula is C12H17NO5S2. The van der Waals surface area contributed by atoms with E-state index in [-0.39, 0.29) is 17.5 Å². The quantitative estimate of drug-likeness (QED) is 0.800. The summed E-state index contributed by atoms with van der Waals surface area (Å²) in [4.78, 5) is 0. The third-order valence-corrected chi connectivity index (χ3v) is 8.30. The molecule has 1 saturated carbocycles. The first kappa shape index (κ1) is 14.1. The van der Waals surface area contributed by atoms with E-state index in [0.717, 1.165) is 0 Å². The van der Waals surface area contributed by atoms with E-state index in [1.807, 2.05) is 0 Å². The largest absolute Gasteiger partial charge is 0.468 e. The van der Waals surface area contributed by atoms with Crippen molar-refractivity contribution in [3.05, 3.63) is 24.2 Å². The van der Waals surface area contributed by atoms with Gasteiger partial charge in [-0.3, -0.25) is 0 Å².